The summed E-state index contributed by atoms with van der Waals surface area (Å²) in [6.45, 7) is 0.192. The smallest absolute Gasteiger partial charge is 0.157 e. The normalized spacial score (nSPS) is 40.9. The fourth-order valence-electron chi connectivity index (χ4n) is 0.599. The molecule has 0 aromatic rings. The van der Waals surface area contributed by atoms with E-state index in [0.717, 1.165) is 0 Å². The molecule has 0 bridgehead atoms. The minimum absolute atomic E-state index is 0.192. The zero-order chi connectivity index (χ0) is 6.15. The van der Waals surface area contributed by atoms with E-state index in [1.165, 1.54) is 5.06 Å². The van der Waals surface area contributed by atoms with Crippen LogP contribution in [0.5, 0.6) is 0 Å². The average Bonchev–Trinajstić information content (AvgIpc) is 1.98. The van der Waals surface area contributed by atoms with Crippen molar-refractivity contribution in [1.82, 2.24) is 5.06 Å². The number of rotatable bonds is 0. The first-order valence-electron chi connectivity index (χ1n) is 2.43. The monoisotopic (exact) mass is 119 g/mol. The number of nitrogens with zero attached hydrogens (tertiary/aromatic N) is 1. The van der Waals surface area contributed by atoms with Gasteiger partial charge in [-0.1, -0.05) is 0 Å². The summed E-state index contributed by atoms with van der Waals surface area (Å²) < 4.78 is 0. The highest BCUT2D eigenvalue weighted by Gasteiger charge is 2.28. The molecule has 1 saturated heterocycles. The molecule has 0 spiro atoms. The second kappa shape index (κ2) is 1.99. The third-order valence-electron chi connectivity index (χ3n) is 1.17. The summed E-state index contributed by atoms with van der Waals surface area (Å²) in [6, 6.07) is 0. The highest BCUT2D eigenvalue weighted by molar-refractivity contribution is 4.66. The lowest BCUT2D eigenvalue weighted by Gasteiger charge is -2.11. The van der Waals surface area contributed by atoms with Gasteiger partial charge in [-0.2, -0.15) is 5.06 Å². The van der Waals surface area contributed by atoms with Crippen LogP contribution in [0.4, 0.5) is 0 Å². The van der Waals surface area contributed by atoms with Crippen LogP contribution in [0.25, 0.3) is 0 Å². The Morgan fingerprint density at radius 1 is 1.62 bits per heavy atom. The Hall–Kier alpha value is -0.160. The van der Waals surface area contributed by atoms with E-state index in [0.29, 0.717) is 0 Å². The SMILES string of the molecule is CN1OCC(O)C1O. The molecule has 4 heteroatoms. The maximum atomic E-state index is 8.82. The van der Waals surface area contributed by atoms with E-state index in [9.17, 15) is 0 Å². The van der Waals surface area contributed by atoms with Crippen molar-refractivity contribution >= 4 is 0 Å². The van der Waals surface area contributed by atoms with Crippen LogP contribution in [0.2, 0.25) is 0 Å². The van der Waals surface area contributed by atoms with E-state index in [-0.39, 0.29) is 6.61 Å². The van der Waals surface area contributed by atoms with Crippen LogP contribution >= 0.6 is 0 Å². The predicted molar refractivity (Wildman–Crippen MR) is 25.7 cm³/mol. The number of likely N-dealkylation sites (N-methyl/N-ethyl adjacent to an activating group) is 1. The topological polar surface area (TPSA) is 52.9 Å². The Morgan fingerprint density at radius 3 is 2.38 bits per heavy atom. The highest BCUT2D eigenvalue weighted by atomic mass is 16.7. The molecular weight excluding hydrogens is 110 g/mol. The molecule has 0 aliphatic carbocycles. The van der Waals surface area contributed by atoms with Gasteiger partial charge in [-0.3, -0.25) is 4.84 Å². The maximum Gasteiger partial charge on any atom is 0.157 e. The van der Waals surface area contributed by atoms with Crippen LogP contribution in [0.1, 0.15) is 0 Å². The fraction of sp³-hybridized carbons (Fsp3) is 1.00. The molecule has 8 heavy (non-hydrogen) atoms. The first-order valence-corrected chi connectivity index (χ1v) is 2.43. The average molecular weight is 119 g/mol. The summed E-state index contributed by atoms with van der Waals surface area (Å²) in [7, 11) is 1.57. The van der Waals surface area contributed by atoms with Gasteiger partial charge in [0, 0.05) is 7.05 Å². The Labute approximate surface area is 47.2 Å². The van der Waals surface area contributed by atoms with Gasteiger partial charge in [0.25, 0.3) is 0 Å². The third kappa shape index (κ3) is 0.830. The first-order chi connectivity index (χ1) is 3.72. The lowest BCUT2D eigenvalue weighted by Crippen LogP contribution is -2.31. The Balaban J connectivity index is 2.44. The van der Waals surface area contributed by atoms with E-state index < -0.39 is 12.3 Å². The molecule has 1 aliphatic rings. The van der Waals surface area contributed by atoms with Crippen molar-refractivity contribution in [3.8, 4) is 0 Å². The van der Waals surface area contributed by atoms with Crippen molar-refractivity contribution in [2.24, 2.45) is 0 Å². The number of hydrogen-bond donors (Lipinski definition) is 2. The molecule has 2 atom stereocenters. The van der Waals surface area contributed by atoms with Gasteiger partial charge < -0.3 is 10.2 Å². The summed E-state index contributed by atoms with van der Waals surface area (Å²) in [5, 5.41) is 18.8. The lowest BCUT2D eigenvalue weighted by molar-refractivity contribution is -0.164. The fourth-order valence-corrected chi connectivity index (χ4v) is 0.599. The molecule has 4 nitrogen and oxygen atoms in total. The van der Waals surface area contributed by atoms with Crippen LogP contribution in [0.3, 0.4) is 0 Å². The molecule has 0 aromatic heterocycles. The molecule has 2 unspecified atom stereocenters. The van der Waals surface area contributed by atoms with Gasteiger partial charge in [0.2, 0.25) is 0 Å². The first kappa shape index (κ1) is 5.97. The van der Waals surface area contributed by atoms with Gasteiger partial charge in [-0.25, -0.2) is 0 Å². The van der Waals surface area contributed by atoms with Crippen LogP contribution in [-0.2, 0) is 4.84 Å². The van der Waals surface area contributed by atoms with E-state index in [1.807, 2.05) is 0 Å². The second-order valence-electron chi connectivity index (χ2n) is 1.82. The molecule has 2 N–H and O–H groups in total. The number of aliphatic hydroxyl groups is 2. The molecule has 0 aromatic carbocycles. The van der Waals surface area contributed by atoms with E-state index >= 15 is 0 Å². The van der Waals surface area contributed by atoms with Crippen molar-refractivity contribution < 1.29 is 15.1 Å². The zero-order valence-corrected chi connectivity index (χ0v) is 4.61. The van der Waals surface area contributed by atoms with E-state index in [1.54, 1.807) is 7.05 Å². The van der Waals surface area contributed by atoms with Gasteiger partial charge in [-0.15, -0.1) is 0 Å². The molecule has 0 radical (unpaired) electrons. The van der Waals surface area contributed by atoms with Crippen LogP contribution in [-0.4, -0.2) is 41.3 Å². The van der Waals surface area contributed by atoms with Gasteiger partial charge in [0.1, 0.15) is 6.10 Å². The zero-order valence-electron chi connectivity index (χ0n) is 4.61. The molecule has 1 fully saturated rings. The minimum Gasteiger partial charge on any atom is -0.386 e. The molecule has 1 rings (SSSR count). The quantitative estimate of drug-likeness (QED) is 0.409. The van der Waals surface area contributed by atoms with Crippen molar-refractivity contribution in [1.29, 1.82) is 0 Å². The van der Waals surface area contributed by atoms with Gasteiger partial charge in [-0.05, 0) is 0 Å². The number of aliphatic hydroxyl groups excluding tert-OH is 2. The summed E-state index contributed by atoms with van der Waals surface area (Å²) in [5.74, 6) is 0. The van der Waals surface area contributed by atoms with Crippen molar-refractivity contribution in [3.05, 3.63) is 0 Å². The standard InChI is InChI=1S/C4H9NO3/c1-5-4(7)3(6)2-8-5/h3-4,6-7H,2H2,1H3. The molecular formula is C4H9NO3. The minimum atomic E-state index is -0.852. The largest absolute Gasteiger partial charge is 0.386 e. The predicted octanol–water partition coefficient (Wildman–Crippen LogP) is -1.46. The summed E-state index contributed by atoms with van der Waals surface area (Å²) in [6.07, 6.45) is -1.60. The Morgan fingerprint density at radius 2 is 2.25 bits per heavy atom. The number of hydrogen-bond acceptors (Lipinski definition) is 4. The number of hydroxylamine groups is 2. The van der Waals surface area contributed by atoms with Gasteiger partial charge in [0.15, 0.2) is 6.23 Å². The van der Waals surface area contributed by atoms with Crippen molar-refractivity contribution in [2.75, 3.05) is 13.7 Å². The van der Waals surface area contributed by atoms with E-state index in [2.05, 4.69) is 0 Å². The van der Waals surface area contributed by atoms with Crippen LogP contribution in [0.15, 0.2) is 0 Å². The highest BCUT2D eigenvalue weighted by Crippen LogP contribution is 2.08. The van der Waals surface area contributed by atoms with Gasteiger partial charge >= 0.3 is 0 Å². The summed E-state index contributed by atoms with van der Waals surface area (Å²) in [5.41, 5.74) is 0. The molecule has 1 heterocycles. The Kier molecular flexibility index (Phi) is 1.48. The molecule has 0 amide bonds. The summed E-state index contributed by atoms with van der Waals surface area (Å²) >= 11 is 0. The van der Waals surface area contributed by atoms with Crippen LogP contribution in [0, 0.1) is 0 Å². The van der Waals surface area contributed by atoms with Crippen molar-refractivity contribution in [2.45, 2.75) is 12.3 Å². The second-order valence-corrected chi connectivity index (χ2v) is 1.82. The van der Waals surface area contributed by atoms with Gasteiger partial charge in [0.05, 0.1) is 6.61 Å². The van der Waals surface area contributed by atoms with E-state index in [4.69, 9.17) is 15.1 Å². The van der Waals surface area contributed by atoms with Crippen molar-refractivity contribution in [3.63, 3.8) is 0 Å². The Bertz CT molecular complexity index is 77.4. The lowest BCUT2D eigenvalue weighted by atomic mass is 10.3. The maximum absolute atomic E-state index is 8.82. The van der Waals surface area contributed by atoms with Crippen LogP contribution < -0.4 is 0 Å². The third-order valence-corrected chi connectivity index (χ3v) is 1.17. The summed E-state index contributed by atoms with van der Waals surface area (Å²) in [4.78, 5) is 4.71. The molecule has 0 saturated carbocycles. The molecule has 48 valence electrons. The molecule has 1 aliphatic heterocycles.